The van der Waals surface area contributed by atoms with E-state index >= 15 is 0 Å². The summed E-state index contributed by atoms with van der Waals surface area (Å²) >= 11 is 4.97. The van der Waals surface area contributed by atoms with E-state index in [2.05, 4.69) is 4.98 Å². The van der Waals surface area contributed by atoms with Gasteiger partial charge >= 0.3 is 0 Å². The maximum Gasteiger partial charge on any atom is 0.164 e. The molecule has 1 heterocycles. The summed E-state index contributed by atoms with van der Waals surface area (Å²) in [5.41, 5.74) is 1.84. The van der Waals surface area contributed by atoms with Gasteiger partial charge in [0.25, 0.3) is 0 Å². The zero-order valence-electron chi connectivity index (χ0n) is 6.59. The Morgan fingerprint density at radius 1 is 1.33 bits per heavy atom. The van der Waals surface area contributed by atoms with Crippen molar-refractivity contribution in [3.63, 3.8) is 0 Å². The molecule has 2 nitrogen and oxygen atoms in total. The highest BCUT2D eigenvalue weighted by Crippen LogP contribution is 2.18. The number of ketones is 1. The number of H-pyrrole nitrogens is 1. The molecule has 1 aromatic heterocycles. The van der Waals surface area contributed by atoms with E-state index in [0.29, 0.717) is 11.1 Å². The van der Waals surface area contributed by atoms with E-state index in [1.54, 1.807) is 6.07 Å². The number of aromatic nitrogens is 1. The van der Waals surface area contributed by atoms with Gasteiger partial charge in [-0.05, 0) is 25.0 Å². The number of aromatic amines is 1. The fraction of sp³-hybridized carbons (Fsp3) is 0.333. The first kappa shape index (κ1) is 7.68. The molecule has 0 aliphatic heterocycles. The highest BCUT2D eigenvalue weighted by molar-refractivity contribution is 7.71. The Bertz CT molecular complexity index is 380. The molecule has 3 heteroatoms. The van der Waals surface area contributed by atoms with Crippen molar-refractivity contribution in [1.82, 2.24) is 4.98 Å². The van der Waals surface area contributed by atoms with Gasteiger partial charge in [-0.25, -0.2) is 0 Å². The van der Waals surface area contributed by atoms with Gasteiger partial charge in [0.2, 0.25) is 0 Å². The number of carbonyl (C=O) groups excluding carboxylic acids is 1. The molecular formula is C9H9NOS. The van der Waals surface area contributed by atoms with Crippen LogP contribution in [-0.2, 0) is 6.42 Å². The van der Waals surface area contributed by atoms with Crippen molar-refractivity contribution in [3.05, 3.63) is 28.0 Å². The van der Waals surface area contributed by atoms with Crippen LogP contribution in [0.15, 0.2) is 12.1 Å². The van der Waals surface area contributed by atoms with E-state index in [4.69, 9.17) is 12.2 Å². The lowest BCUT2D eigenvalue weighted by Crippen LogP contribution is -2.12. The van der Waals surface area contributed by atoms with Crippen molar-refractivity contribution in [2.75, 3.05) is 0 Å². The Morgan fingerprint density at radius 2 is 2.17 bits per heavy atom. The summed E-state index contributed by atoms with van der Waals surface area (Å²) in [6.07, 6.45) is 2.57. The van der Waals surface area contributed by atoms with Crippen molar-refractivity contribution in [3.8, 4) is 0 Å². The number of aryl methyl sites for hydroxylation is 1. The van der Waals surface area contributed by atoms with Crippen molar-refractivity contribution in [1.29, 1.82) is 0 Å². The molecule has 0 atom stereocenters. The van der Waals surface area contributed by atoms with Gasteiger partial charge in [-0.2, -0.15) is 0 Å². The summed E-state index contributed by atoms with van der Waals surface area (Å²) in [7, 11) is 0. The number of carbonyl (C=O) groups is 1. The number of Topliss-reactive ketones (excluding diaryl/α,β-unsaturated/α-hetero) is 1. The van der Waals surface area contributed by atoms with Crippen LogP contribution in [0.2, 0.25) is 0 Å². The highest BCUT2D eigenvalue weighted by Gasteiger charge is 2.16. The maximum atomic E-state index is 11.3. The molecule has 62 valence electrons. The minimum atomic E-state index is 0.238. The lowest BCUT2D eigenvalue weighted by atomic mass is 9.95. The monoisotopic (exact) mass is 179 g/mol. The van der Waals surface area contributed by atoms with Crippen molar-refractivity contribution in [2.45, 2.75) is 19.3 Å². The molecule has 0 radical (unpaired) electrons. The van der Waals surface area contributed by atoms with Crippen molar-refractivity contribution in [2.24, 2.45) is 0 Å². The third kappa shape index (κ3) is 1.20. The molecule has 1 aliphatic rings. The average molecular weight is 179 g/mol. The van der Waals surface area contributed by atoms with Crippen LogP contribution in [0, 0.1) is 4.64 Å². The number of rotatable bonds is 0. The van der Waals surface area contributed by atoms with Crippen molar-refractivity contribution < 1.29 is 4.79 Å². The molecule has 0 amide bonds. The number of pyridine rings is 1. The Hall–Kier alpha value is -0.960. The quantitative estimate of drug-likeness (QED) is 0.620. The topological polar surface area (TPSA) is 32.9 Å². The molecule has 1 aromatic rings. The predicted octanol–water partition coefficient (Wildman–Crippen LogP) is 2.26. The molecule has 1 N–H and O–H groups in total. The summed E-state index contributed by atoms with van der Waals surface area (Å²) in [5.74, 6) is 0.238. The summed E-state index contributed by atoms with van der Waals surface area (Å²) in [6, 6.07) is 3.60. The van der Waals surface area contributed by atoms with Crippen LogP contribution in [0.5, 0.6) is 0 Å². The second-order valence-corrected chi connectivity index (χ2v) is 3.43. The Morgan fingerprint density at radius 3 is 3.00 bits per heavy atom. The minimum Gasteiger partial charge on any atom is -0.349 e. The fourth-order valence-electron chi connectivity index (χ4n) is 1.54. The Labute approximate surface area is 75.6 Å². The lowest BCUT2D eigenvalue weighted by molar-refractivity contribution is 0.0971. The molecule has 0 fully saturated rings. The van der Waals surface area contributed by atoms with Crippen LogP contribution in [0.25, 0.3) is 0 Å². The largest absolute Gasteiger partial charge is 0.349 e. The molecule has 0 unspecified atom stereocenters. The number of fused-ring (bicyclic) bond motifs is 1. The summed E-state index contributed by atoms with van der Waals surface area (Å²) in [4.78, 5) is 14.4. The third-order valence-corrected chi connectivity index (χ3v) is 2.37. The van der Waals surface area contributed by atoms with E-state index in [0.717, 1.165) is 24.1 Å². The summed E-state index contributed by atoms with van der Waals surface area (Å²) in [5, 5.41) is 0. The van der Waals surface area contributed by atoms with Crippen LogP contribution >= 0.6 is 12.2 Å². The number of hydrogen-bond donors (Lipinski definition) is 1. The van der Waals surface area contributed by atoms with Gasteiger partial charge in [-0.15, -0.1) is 0 Å². The van der Waals surface area contributed by atoms with E-state index in [1.165, 1.54) is 0 Å². The van der Waals surface area contributed by atoms with Crippen LogP contribution < -0.4 is 0 Å². The van der Waals surface area contributed by atoms with Crippen molar-refractivity contribution >= 4 is 18.0 Å². The molecule has 1 aliphatic carbocycles. The first-order valence-corrected chi connectivity index (χ1v) is 4.43. The van der Waals surface area contributed by atoms with E-state index in [9.17, 15) is 4.79 Å². The fourth-order valence-corrected chi connectivity index (χ4v) is 1.73. The number of nitrogens with one attached hydrogen (secondary N) is 1. The molecule has 0 bridgehead atoms. The molecule has 12 heavy (non-hydrogen) atoms. The van der Waals surface area contributed by atoms with Crippen LogP contribution in [0.4, 0.5) is 0 Å². The first-order chi connectivity index (χ1) is 5.77. The standard InChI is InChI=1S/C9H9NOS/c11-8-3-1-2-7-6(8)4-5-9(12)10-7/h4-5H,1-3H2,(H,10,12). The van der Waals surface area contributed by atoms with Gasteiger partial charge in [0, 0.05) is 17.7 Å². The van der Waals surface area contributed by atoms with Gasteiger partial charge in [0.05, 0.1) is 0 Å². The molecule has 0 aromatic carbocycles. The van der Waals surface area contributed by atoms with Crippen LogP contribution in [0.1, 0.15) is 28.9 Å². The van der Waals surface area contributed by atoms with Gasteiger partial charge in [0.1, 0.15) is 4.64 Å². The normalized spacial score (nSPS) is 15.8. The smallest absolute Gasteiger partial charge is 0.164 e. The summed E-state index contributed by atoms with van der Waals surface area (Å²) in [6.45, 7) is 0. The molecule has 0 saturated heterocycles. The molecule has 0 saturated carbocycles. The maximum absolute atomic E-state index is 11.3. The zero-order chi connectivity index (χ0) is 8.55. The highest BCUT2D eigenvalue weighted by atomic mass is 32.1. The Balaban J connectivity index is 2.60. The van der Waals surface area contributed by atoms with E-state index < -0.39 is 0 Å². The van der Waals surface area contributed by atoms with Gasteiger partial charge in [-0.3, -0.25) is 4.79 Å². The zero-order valence-corrected chi connectivity index (χ0v) is 7.41. The Kier molecular flexibility index (Phi) is 1.81. The third-order valence-electron chi connectivity index (χ3n) is 2.13. The number of hydrogen-bond acceptors (Lipinski definition) is 2. The second kappa shape index (κ2) is 2.83. The van der Waals surface area contributed by atoms with E-state index in [-0.39, 0.29) is 5.78 Å². The molecular weight excluding hydrogens is 170 g/mol. The van der Waals surface area contributed by atoms with Gasteiger partial charge < -0.3 is 4.98 Å². The van der Waals surface area contributed by atoms with E-state index in [1.807, 2.05) is 6.07 Å². The minimum absolute atomic E-state index is 0.238. The predicted molar refractivity (Wildman–Crippen MR) is 48.9 cm³/mol. The second-order valence-electron chi connectivity index (χ2n) is 2.99. The average Bonchev–Trinajstić information content (AvgIpc) is 2.04. The van der Waals surface area contributed by atoms with Gasteiger partial charge in [0.15, 0.2) is 5.78 Å². The summed E-state index contributed by atoms with van der Waals surface area (Å²) < 4.78 is 0.712. The lowest BCUT2D eigenvalue weighted by Gasteiger charge is -2.13. The van der Waals surface area contributed by atoms with Crippen LogP contribution in [0.3, 0.4) is 0 Å². The SMILES string of the molecule is O=C1CCCc2[nH]c(=S)ccc21. The molecule has 0 spiro atoms. The van der Waals surface area contributed by atoms with Gasteiger partial charge in [-0.1, -0.05) is 12.2 Å². The first-order valence-electron chi connectivity index (χ1n) is 4.03. The van der Waals surface area contributed by atoms with Crippen LogP contribution in [-0.4, -0.2) is 10.8 Å². The molecule has 2 rings (SSSR count).